The highest BCUT2D eigenvalue weighted by atomic mass is 19.4. The van der Waals surface area contributed by atoms with Crippen molar-refractivity contribution in [3.05, 3.63) is 137 Å². The van der Waals surface area contributed by atoms with Gasteiger partial charge in [0.15, 0.2) is 5.78 Å². The molecule has 6 aromatic rings. The van der Waals surface area contributed by atoms with Gasteiger partial charge in [-0.05, 0) is 63.6 Å². The second kappa shape index (κ2) is 12.2. The number of rotatable bonds is 8. The zero-order valence-corrected chi connectivity index (χ0v) is 26.0. The second-order valence-corrected chi connectivity index (χ2v) is 11.9. The predicted molar refractivity (Wildman–Crippen MR) is 181 cm³/mol. The molecule has 0 bridgehead atoms. The first-order valence-corrected chi connectivity index (χ1v) is 15.7. The molecule has 0 fully saturated rings. The second-order valence-electron chi connectivity index (χ2n) is 11.9. The molecule has 1 aliphatic rings. The van der Waals surface area contributed by atoms with Crippen molar-refractivity contribution in [2.24, 2.45) is 0 Å². The first-order valence-electron chi connectivity index (χ1n) is 15.7. The number of nitrogens with one attached hydrogen (secondary N) is 1. The number of carbonyl (C=O) groups is 2. The maximum absolute atomic E-state index is 15.0. The minimum absolute atomic E-state index is 0.146. The van der Waals surface area contributed by atoms with Crippen LogP contribution in [0, 0.1) is 0 Å². The maximum Gasteiger partial charge on any atom is 0.405 e. The third-order valence-corrected chi connectivity index (χ3v) is 8.83. The lowest BCUT2D eigenvalue weighted by atomic mass is 9.84. The molecule has 9 heteroatoms. The summed E-state index contributed by atoms with van der Waals surface area (Å²) >= 11 is 0. The van der Waals surface area contributed by atoms with Gasteiger partial charge in [0.05, 0.1) is 22.6 Å². The van der Waals surface area contributed by atoms with Crippen LogP contribution in [-0.4, -0.2) is 34.0 Å². The summed E-state index contributed by atoms with van der Waals surface area (Å²) < 4.78 is 41.7. The SMILES string of the molecule is CCCc1c2c(cc(C(=O)c3ccccc3-c3ccccc3)c1-n1c(N)nc3ccccc31)-c1ccccc1C2C(=O)NCC(F)(F)F. The standard InChI is InChI=1S/C39H31F3N4O2/c1-2-12-28-33-29(25-16-7-8-17-26(25)34(33)37(48)44-22-39(40,41)42)21-30(35(28)46-32-20-11-10-19-31(32)45-38(46)43)36(47)27-18-9-6-15-24(27)23-13-4-3-5-14-23/h3-11,13-21,34H,2,12,22H2,1H3,(H2,43,45)(H,44,48). The Morgan fingerprint density at radius 1 is 0.833 bits per heavy atom. The molecule has 1 amide bonds. The average molecular weight is 645 g/mol. The largest absolute Gasteiger partial charge is 0.405 e. The van der Waals surface area contributed by atoms with E-state index >= 15 is 4.79 Å². The number of benzene rings is 5. The van der Waals surface area contributed by atoms with Crippen LogP contribution in [0.25, 0.3) is 39.0 Å². The number of nitrogens with zero attached hydrogens (tertiary/aromatic N) is 2. The van der Waals surface area contributed by atoms with Gasteiger partial charge < -0.3 is 11.1 Å². The van der Waals surface area contributed by atoms with Gasteiger partial charge in [0.1, 0.15) is 6.54 Å². The first-order chi connectivity index (χ1) is 23.2. The van der Waals surface area contributed by atoms with E-state index in [1.54, 1.807) is 28.8 Å². The highest BCUT2D eigenvalue weighted by molar-refractivity contribution is 6.16. The summed E-state index contributed by atoms with van der Waals surface area (Å²) in [5, 5.41) is 2.13. The first kappa shape index (κ1) is 30.9. The molecule has 1 aromatic heterocycles. The molecule has 0 saturated carbocycles. The van der Waals surface area contributed by atoms with E-state index in [-0.39, 0.29) is 11.7 Å². The molecule has 240 valence electrons. The normalized spacial score (nSPS) is 13.7. The van der Waals surface area contributed by atoms with Gasteiger partial charge >= 0.3 is 6.18 Å². The van der Waals surface area contributed by atoms with Gasteiger partial charge in [-0.3, -0.25) is 14.2 Å². The molecule has 1 atom stereocenters. The number of fused-ring (bicyclic) bond motifs is 4. The lowest BCUT2D eigenvalue weighted by Crippen LogP contribution is -2.37. The third-order valence-electron chi connectivity index (χ3n) is 8.83. The van der Waals surface area contributed by atoms with E-state index < -0.39 is 24.5 Å². The van der Waals surface area contributed by atoms with Gasteiger partial charge in [-0.15, -0.1) is 0 Å². The summed E-state index contributed by atoms with van der Waals surface area (Å²) in [5.74, 6) is -1.91. The Kier molecular flexibility index (Phi) is 7.83. The molecule has 1 unspecified atom stereocenters. The summed E-state index contributed by atoms with van der Waals surface area (Å²) in [5.41, 5.74) is 14.0. The van der Waals surface area contributed by atoms with Crippen LogP contribution in [0.15, 0.2) is 109 Å². The molecule has 3 N–H and O–H groups in total. The zero-order valence-electron chi connectivity index (χ0n) is 26.0. The molecule has 0 saturated heterocycles. The Bertz CT molecular complexity index is 2210. The van der Waals surface area contributed by atoms with Crippen molar-refractivity contribution in [2.45, 2.75) is 31.9 Å². The summed E-state index contributed by atoms with van der Waals surface area (Å²) in [6.45, 7) is 0.521. The van der Waals surface area contributed by atoms with Crippen LogP contribution >= 0.6 is 0 Å². The number of anilines is 1. The highest BCUT2D eigenvalue weighted by Gasteiger charge is 2.40. The number of aromatic nitrogens is 2. The number of amides is 1. The van der Waals surface area contributed by atoms with Crippen LogP contribution in [0.4, 0.5) is 19.1 Å². The summed E-state index contributed by atoms with van der Waals surface area (Å²) in [7, 11) is 0. The van der Waals surface area contributed by atoms with Crippen LogP contribution in [-0.2, 0) is 11.2 Å². The number of halogens is 3. The number of hydrogen-bond donors (Lipinski definition) is 2. The Morgan fingerprint density at radius 3 is 2.25 bits per heavy atom. The van der Waals surface area contributed by atoms with Crippen molar-refractivity contribution < 1.29 is 22.8 Å². The average Bonchev–Trinajstić information content (AvgIpc) is 3.61. The quantitative estimate of drug-likeness (QED) is 0.163. The number of para-hydroxylation sites is 2. The number of ketones is 1. The molecular weight excluding hydrogens is 613 g/mol. The summed E-state index contributed by atoms with van der Waals surface area (Å²) in [6, 6.07) is 33.3. The van der Waals surface area contributed by atoms with Gasteiger partial charge in [0.25, 0.3) is 0 Å². The van der Waals surface area contributed by atoms with Crippen LogP contribution in [0.2, 0.25) is 0 Å². The minimum atomic E-state index is -4.58. The van der Waals surface area contributed by atoms with E-state index in [9.17, 15) is 18.0 Å². The van der Waals surface area contributed by atoms with Crippen molar-refractivity contribution in [3.63, 3.8) is 0 Å². The van der Waals surface area contributed by atoms with Crippen molar-refractivity contribution in [3.8, 4) is 27.9 Å². The fourth-order valence-corrected chi connectivity index (χ4v) is 6.91. The van der Waals surface area contributed by atoms with Crippen LogP contribution < -0.4 is 11.1 Å². The predicted octanol–water partition coefficient (Wildman–Crippen LogP) is 8.25. The van der Waals surface area contributed by atoms with Crippen molar-refractivity contribution in [1.29, 1.82) is 0 Å². The molecule has 0 spiro atoms. The zero-order chi connectivity index (χ0) is 33.6. The molecule has 1 heterocycles. The number of nitrogen functional groups attached to an aromatic ring is 1. The molecule has 0 radical (unpaired) electrons. The summed E-state index contributed by atoms with van der Waals surface area (Å²) in [6.07, 6.45) is -3.54. The fourth-order valence-electron chi connectivity index (χ4n) is 6.91. The molecule has 6 nitrogen and oxygen atoms in total. The lowest BCUT2D eigenvalue weighted by Gasteiger charge is -2.24. The molecular formula is C39H31F3N4O2. The lowest BCUT2D eigenvalue weighted by molar-refractivity contribution is -0.138. The number of hydrogen-bond acceptors (Lipinski definition) is 4. The van der Waals surface area contributed by atoms with Gasteiger partial charge in [0, 0.05) is 11.1 Å². The number of alkyl halides is 3. The maximum atomic E-state index is 15.0. The molecule has 7 rings (SSSR count). The van der Waals surface area contributed by atoms with Crippen LogP contribution in [0.3, 0.4) is 0 Å². The fraction of sp³-hybridized carbons (Fsp3) is 0.154. The monoisotopic (exact) mass is 644 g/mol. The molecule has 1 aliphatic carbocycles. The number of imidazole rings is 1. The molecule has 0 aliphatic heterocycles. The Labute approximate surface area is 275 Å². The van der Waals surface area contributed by atoms with E-state index in [2.05, 4.69) is 10.3 Å². The topological polar surface area (TPSA) is 90.0 Å². The highest BCUT2D eigenvalue weighted by Crippen LogP contribution is 2.50. The van der Waals surface area contributed by atoms with Crippen LogP contribution in [0.1, 0.15) is 51.9 Å². The molecule has 5 aromatic carbocycles. The van der Waals surface area contributed by atoms with Crippen molar-refractivity contribution in [1.82, 2.24) is 14.9 Å². The van der Waals surface area contributed by atoms with Gasteiger partial charge in [-0.1, -0.05) is 104 Å². The van der Waals surface area contributed by atoms with Gasteiger partial charge in [-0.2, -0.15) is 13.2 Å². The van der Waals surface area contributed by atoms with Gasteiger partial charge in [0.2, 0.25) is 11.9 Å². The third kappa shape index (κ3) is 5.31. The van der Waals surface area contributed by atoms with Crippen molar-refractivity contribution in [2.75, 3.05) is 12.3 Å². The minimum Gasteiger partial charge on any atom is -0.369 e. The van der Waals surface area contributed by atoms with E-state index in [4.69, 9.17) is 5.73 Å². The molecule has 48 heavy (non-hydrogen) atoms. The van der Waals surface area contributed by atoms with Crippen molar-refractivity contribution >= 4 is 28.7 Å². The smallest absolute Gasteiger partial charge is 0.369 e. The Balaban J connectivity index is 1.56. The Hall–Kier alpha value is -5.70. The van der Waals surface area contributed by atoms with E-state index in [0.717, 1.165) is 11.1 Å². The van der Waals surface area contributed by atoms with E-state index in [1.165, 1.54) is 0 Å². The number of nitrogens with two attached hydrogens (primary N) is 1. The van der Waals surface area contributed by atoms with E-state index in [0.29, 0.717) is 68.5 Å². The van der Waals surface area contributed by atoms with E-state index in [1.807, 2.05) is 91.9 Å². The number of carbonyl (C=O) groups excluding carboxylic acids is 2. The Morgan fingerprint density at radius 2 is 1.50 bits per heavy atom. The van der Waals surface area contributed by atoms with Gasteiger partial charge in [-0.25, -0.2) is 4.98 Å². The van der Waals surface area contributed by atoms with Crippen LogP contribution in [0.5, 0.6) is 0 Å². The summed E-state index contributed by atoms with van der Waals surface area (Å²) in [4.78, 5) is 33.4.